The third-order valence-corrected chi connectivity index (χ3v) is 6.99. The number of nitrogens with one attached hydrogen (secondary N) is 1. The summed E-state index contributed by atoms with van der Waals surface area (Å²) in [5.74, 6) is 1.73. The van der Waals surface area contributed by atoms with E-state index in [2.05, 4.69) is 25.6 Å². The van der Waals surface area contributed by atoms with Crippen LogP contribution in [0.25, 0.3) is 33.3 Å². The SMILES string of the molecule is COc1cc2c(nc1OC)c(-c1cc3c(Cl)ccnc3[nH]1)cn2CCN1CCC(CN)CC1. The Morgan fingerprint density at radius 2 is 2.00 bits per heavy atom. The van der Waals surface area contributed by atoms with Crippen molar-refractivity contribution in [3.05, 3.63) is 35.6 Å². The van der Waals surface area contributed by atoms with Gasteiger partial charge in [-0.25, -0.2) is 9.97 Å². The Balaban J connectivity index is 1.53. The van der Waals surface area contributed by atoms with Gasteiger partial charge in [0.25, 0.3) is 5.88 Å². The summed E-state index contributed by atoms with van der Waals surface area (Å²) in [5.41, 5.74) is 10.3. The molecule has 3 N–H and O–H groups in total. The van der Waals surface area contributed by atoms with Gasteiger partial charge >= 0.3 is 0 Å². The van der Waals surface area contributed by atoms with Crippen LogP contribution in [0.15, 0.2) is 30.6 Å². The largest absolute Gasteiger partial charge is 0.491 e. The molecule has 1 aliphatic rings. The molecule has 5 heterocycles. The second-order valence-corrected chi connectivity index (χ2v) is 8.97. The van der Waals surface area contributed by atoms with E-state index in [1.165, 1.54) is 12.8 Å². The number of methoxy groups -OCH3 is 2. The number of piperidine rings is 1. The molecule has 0 atom stereocenters. The quantitative estimate of drug-likeness (QED) is 0.427. The first-order valence-electron chi connectivity index (χ1n) is 11.3. The Bertz CT molecular complexity index is 1280. The maximum absolute atomic E-state index is 6.39. The van der Waals surface area contributed by atoms with E-state index in [-0.39, 0.29) is 0 Å². The molecule has 8 nitrogen and oxygen atoms in total. The van der Waals surface area contributed by atoms with Crippen LogP contribution in [-0.2, 0) is 6.54 Å². The van der Waals surface area contributed by atoms with Crippen molar-refractivity contribution in [3.8, 4) is 22.9 Å². The van der Waals surface area contributed by atoms with E-state index in [9.17, 15) is 0 Å². The fourth-order valence-electron chi connectivity index (χ4n) is 4.68. The van der Waals surface area contributed by atoms with Crippen LogP contribution in [0.1, 0.15) is 12.8 Å². The highest BCUT2D eigenvalue weighted by Crippen LogP contribution is 2.37. The van der Waals surface area contributed by atoms with Gasteiger partial charge in [-0.3, -0.25) is 0 Å². The fraction of sp³-hybridized carbons (Fsp3) is 0.417. The number of ether oxygens (including phenoxy) is 2. The van der Waals surface area contributed by atoms with Crippen molar-refractivity contribution < 1.29 is 9.47 Å². The van der Waals surface area contributed by atoms with E-state index in [1.54, 1.807) is 26.5 Å². The summed E-state index contributed by atoms with van der Waals surface area (Å²) in [4.78, 5) is 15.1. The first-order chi connectivity index (χ1) is 16.1. The molecule has 5 rings (SSSR count). The molecular weight excluding hydrogens is 440 g/mol. The molecule has 1 aliphatic heterocycles. The van der Waals surface area contributed by atoms with E-state index in [1.807, 2.05) is 12.1 Å². The first kappa shape index (κ1) is 22.0. The molecule has 0 amide bonds. The molecule has 0 unspecified atom stereocenters. The van der Waals surface area contributed by atoms with E-state index in [0.29, 0.717) is 22.6 Å². The number of pyridine rings is 2. The van der Waals surface area contributed by atoms with Gasteiger partial charge in [-0.05, 0) is 50.5 Å². The van der Waals surface area contributed by atoms with Crippen molar-refractivity contribution in [1.82, 2.24) is 24.4 Å². The van der Waals surface area contributed by atoms with Crippen LogP contribution in [0.2, 0.25) is 5.02 Å². The molecule has 0 spiro atoms. The zero-order chi connectivity index (χ0) is 22.9. The smallest absolute Gasteiger partial charge is 0.257 e. The van der Waals surface area contributed by atoms with Gasteiger partial charge in [0.05, 0.1) is 30.5 Å². The Kier molecular flexibility index (Phi) is 6.14. The molecule has 9 heteroatoms. The lowest BCUT2D eigenvalue weighted by molar-refractivity contribution is 0.182. The predicted molar refractivity (Wildman–Crippen MR) is 131 cm³/mol. The zero-order valence-electron chi connectivity index (χ0n) is 19.0. The molecule has 1 saturated heterocycles. The average Bonchev–Trinajstić information content (AvgIpc) is 3.44. The number of aromatic amines is 1. The Morgan fingerprint density at radius 3 is 2.70 bits per heavy atom. The molecule has 0 aromatic carbocycles. The number of nitrogens with zero attached hydrogens (tertiary/aromatic N) is 4. The standard InChI is InChI=1S/C24H29ClN6O2/c1-32-21-12-20-22(29-24(21)33-2)17(19-11-16-18(25)3-6-27-23(16)28-19)14-31(20)10-9-30-7-4-15(13-26)5-8-30/h3,6,11-12,14-15H,4-5,7-10,13,26H2,1-2H3,(H,27,28). The van der Waals surface area contributed by atoms with Crippen LogP contribution in [0.4, 0.5) is 0 Å². The average molecular weight is 469 g/mol. The van der Waals surface area contributed by atoms with Gasteiger partial charge < -0.3 is 29.7 Å². The first-order valence-corrected chi connectivity index (χ1v) is 11.7. The van der Waals surface area contributed by atoms with Crippen molar-refractivity contribution in [2.45, 2.75) is 19.4 Å². The number of rotatable bonds is 7. The highest BCUT2D eigenvalue weighted by atomic mass is 35.5. The molecule has 174 valence electrons. The van der Waals surface area contributed by atoms with Crippen molar-refractivity contribution in [2.75, 3.05) is 40.4 Å². The van der Waals surface area contributed by atoms with E-state index < -0.39 is 0 Å². The monoisotopic (exact) mass is 468 g/mol. The van der Waals surface area contributed by atoms with Gasteiger partial charge in [0.2, 0.25) is 0 Å². The number of halogens is 1. The van der Waals surface area contributed by atoms with Gasteiger partial charge in [-0.15, -0.1) is 0 Å². The number of fused-ring (bicyclic) bond motifs is 2. The van der Waals surface area contributed by atoms with Crippen LogP contribution in [0.5, 0.6) is 11.6 Å². The van der Waals surface area contributed by atoms with Crippen molar-refractivity contribution >= 4 is 33.7 Å². The highest BCUT2D eigenvalue weighted by Gasteiger charge is 2.21. The van der Waals surface area contributed by atoms with E-state index in [0.717, 1.165) is 66.0 Å². The summed E-state index contributed by atoms with van der Waals surface area (Å²) in [6, 6.07) is 5.82. The lowest BCUT2D eigenvalue weighted by Crippen LogP contribution is -2.37. The lowest BCUT2D eigenvalue weighted by atomic mass is 9.97. The molecule has 4 aromatic rings. The molecular formula is C24H29ClN6O2. The van der Waals surface area contributed by atoms with Gasteiger partial charge in [0, 0.05) is 42.5 Å². The maximum Gasteiger partial charge on any atom is 0.257 e. The van der Waals surface area contributed by atoms with Crippen LogP contribution in [-0.4, -0.2) is 64.8 Å². The number of nitrogens with two attached hydrogens (primary N) is 1. The van der Waals surface area contributed by atoms with Crippen LogP contribution in [0.3, 0.4) is 0 Å². The van der Waals surface area contributed by atoms with Gasteiger partial charge in [0.15, 0.2) is 5.75 Å². The summed E-state index contributed by atoms with van der Waals surface area (Å²) >= 11 is 6.39. The lowest BCUT2D eigenvalue weighted by Gasteiger charge is -2.31. The van der Waals surface area contributed by atoms with Gasteiger partial charge in [-0.2, -0.15) is 0 Å². The molecule has 1 fully saturated rings. The number of H-pyrrole nitrogens is 1. The highest BCUT2D eigenvalue weighted by molar-refractivity contribution is 6.35. The van der Waals surface area contributed by atoms with Crippen LogP contribution in [0, 0.1) is 5.92 Å². The Hall–Kier alpha value is -2.81. The van der Waals surface area contributed by atoms with Crippen molar-refractivity contribution in [2.24, 2.45) is 11.7 Å². The minimum absolute atomic E-state index is 0.458. The second-order valence-electron chi connectivity index (χ2n) is 8.56. The summed E-state index contributed by atoms with van der Waals surface area (Å²) < 4.78 is 13.3. The van der Waals surface area contributed by atoms with Crippen molar-refractivity contribution in [3.63, 3.8) is 0 Å². The van der Waals surface area contributed by atoms with E-state index in [4.69, 9.17) is 31.8 Å². The number of likely N-dealkylation sites (tertiary alicyclic amines) is 1. The maximum atomic E-state index is 6.39. The predicted octanol–water partition coefficient (Wildman–Crippen LogP) is 3.92. The normalized spacial score (nSPS) is 15.5. The number of hydrogen-bond acceptors (Lipinski definition) is 6. The second kappa shape index (κ2) is 9.21. The van der Waals surface area contributed by atoms with Crippen molar-refractivity contribution in [1.29, 1.82) is 0 Å². The van der Waals surface area contributed by atoms with E-state index >= 15 is 0 Å². The van der Waals surface area contributed by atoms with Crippen LogP contribution < -0.4 is 15.2 Å². The minimum Gasteiger partial charge on any atom is -0.491 e. The molecule has 0 saturated carbocycles. The molecule has 0 bridgehead atoms. The third-order valence-electron chi connectivity index (χ3n) is 6.66. The molecule has 0 radical (unpaired) electrons. The number of hydrogen-bond donors (Lipinski definition) is 2. The minimum atomic E-state index is 0.458. The Morgan fingerprint density at radius 1 is 1.18 bits per heavy atom. The summed E-state index contributed by atoms with van der Waals surface area (Å²) in [6.07, 6.45) is 6.18. The topological polar surface area (TPSA) is 94.2 Å². The molecule has 0 aliphatic carbocycles. The molecule has 4 aromatic heterocycles. The fourth-order valence-corrected chi connectivity index (χ4v) is 4.88. The van der Waals surface area contributed by atoms with Gasteiger partial charge in [0.1, 0.15) is 11.2 Å². The zero-order valence-corrected chi connectivity index (χ0v) is 19.7. The Labute approximate surface area is 197 Å². The number of aromatic nitrogens is 4. The summed E-state index contributed by atoms with van der Waals surface area (Å²) in [5, 5.41) is 1.55. The summed E-state index contributed by atoms with van der Waals surface area (Å²) in [7, 11) is 3.23. The third kappa shape index (κ3) is 4.14. The van der Waals surface area contributed by atoms with Crippen LogP contribution >= 0.6 is 11.6 Å². The van der Waals surface area contributed by atoms with Gasteiger partial charge in [-0.1, -0.05) is 11.6 Å². The molecule has 33 heavy (non-hydrogen) atoms. The summed E-state index contributed by atoms with van der Waals surface area (Å²) in [6.45, 7) is 4.79.